The van der Waals surface area contributed by atoms with Gasteiger partial charge in [-0.15, -0.1) is 10.2 Å². The molecule has 4 aromatic rings. The Labute approximate surface area is 181 Å². The lowest BCUT2D eigenvalue weighted by Gasteiger charge is -2.04. The first-order chi connectivity index (χ1) is 14.3. The number of hydrogen-bond acceptors (Lipinski definition) is 9. The van der Waals surface area contributed by atoms with Crippen molar-refractivity contribution in [2.45, 2.75) is 17.9 Å². The third-order valence-electron chi connectivity index (χ3n) is 4.10. The van der Waals surface area contributed by atoms with Crippen LogP contribution in [0.3, 0.4) is 0 Å². The van der Waals surface area contributed by atoms with Crippen LogP contribution in [-0.2, 0) is 20.9 Å². The summed E-state index contributed by atoms with van der Waals surface area (Å²) in [5, 5.41) is 12.5. The number of nitrogen functional groups attached to an aromatic ring is 1. The van der Waals surface area contributed by atoms with Crippen molar-refractivity contribution in [3.8, 4) is 16.4 Å². The third kappa shape index (κ3) is 4.05. The van der Waals surface area contributed by atoms with Crippen molar-refractivity contribution in [1.82, 2.24) is 25.0 Å². The molecule has 0 amide bonds. The van der Waals surface area contributed by atoms with Gasteiger partial charge in [-0.25, -0.2) is 4.98 Å². The van der Waals surface area contributed by atoms with Gasteiger partial charge in [-0.3, -0.25) is 4.18 Å². The van der Waals surface area contributed by atoms with E-state index in [0.29, 0.717) is 16.4 Å². The minimum Gasteiger partial charge on any atom is -0.383 e. The topological polar surface area (TPSA) is 126 Å². The molecule has 12 heteroatoms. The SMILES string of the molecule is Cc1ccc(COS(=O)(=O)c2nnc(-c3cnn(-c4ncccc4Cl)c3N)s2)cc1. The van der Waals surface area contributed by atoms with Crippen LogP contribution < -0.4 is 5.73 Å². The predicted octanol–water partition coefficient (Wildman–Crippen LogP) is 3.24. The highest BCUT2D eigenvalue weighted by atomic mass is 35.5. The van der Waals surface area contributed by atoms with Crippen molar-refractivity contribution < 1.29 is 12.6 Å². The molecular weight excluding hydrogens is 448 g/mol. The first kappa shape index (κ1) is 20.4. The standard InChI is InChI=1S/C18H15ClN6O3S2/c1-11-4-6-12(7-5-11)10-28-30(26,27)18-24-23-17(29-18)13-9-22-25(15(13)20)16-14(19)3-2-8-21-16/h2-9H,10,20H2,1H3. The molecule has 0 unspecified atom stereocenters. The van der Waals surface area contributed by atoms with E-state index in [2.05, 4.69) is 20.3 Å². The second-order valence-corrected chi connectivity index (χ2v) is 9.41. The van der Waals surface area contributed by atoms with Gasteiger partial charge in [0.1, 0.15) is 5.82 Å². The summed E-state index contributed by atoms with van der Waals surface area (Å²) < 4.78 is 31.1. The Morgan fingerprint density at radius 2 is 1.97 bits per heavy atom. The minimum atomic E-state index is -4.08. The summed E-state index contributed by atoms with van der Waals surface area (Å²) in [6.45, 7) is 1.84. The molecule has 0 atom stereocenters. The molecule has 4 rings (SSSR count). The number of rotatable bonds is 6. The molecule has 0 saturated heterocycles. The summed E-state index contributed by atoms with van der Waals surface area (Å²) >= 11 is 6.98. The highest BCUT2D eigenvalue weighted by molar-refractivity contribution is 7.88. The van der Waals surface area contributed by atoms with Crippen molar-refractivity contribution in [2.75, 3.05) is 5.73 Å². The van der Waals surface area contributed by atoms with E-state index in [-0.39, 0.29) is 21.8 Å². The molecule has 9 nitrogen and oxygen atoms in total. The molecule has 0 spiro atoms. The molecule has 0 aliphatic heterocycles. The van der Waals surface area contributed by atoms with Gasteiger partial charge in [-0.05, 0) is 24.6 Å². The van der Waals surface area contributed by atoms with Gasteiger partial charge >= 0.3 is 10.1 Å². The number of pyridine rings is 1. The predicted molar refractivity (Wildman–Crippen MR) is 113 cm³/mol. The summed E-state index contributed by atoms with van der Waals surface area (Å²) in [4.78, 5) is 4.16. The molecule has 0 aliphatic carbocycles. The van der Waals surface area contributed by atoms with E-state index in [9.17, 15) is 8.42 Å². The molecule has 1 aromatic carbocycles. The van der Waals surface area contributed by atoms with Gasteiger partial charge in [-0.2, -0.15) is 18.2 Å². The van der Waals surface area contributed by atoms with Crippen LogP contribution in [0.2, 0.25) is 5.02 Å². The smallest absolute Gasteiger partial charge is 0.326 e. The average molecular weight is 463 g/mol. The number of anilines is 1. The number of halogens is 1. The van der Waals surface area contributed by atoms with Crippen molar-refractivity contribution >= 4 is 38.9 Å². The molecule has 154 valence electrons. The average Bonchev–Trinajstić information content (AvgIpc) is 3.35. The van der Waals surface area contributed by atoms with E-state index in [1.807, 2.05) is 19.1 Å². The van der Waals surface area contributed by atoms with Crippen molar-refractivity contribution in [2.24, 2.45) is 0 Å². The Morgan fingerprint density at radius 3 is 2.70 bits per heavy atom. The van der Waals surface area contributed by atoms with Crippen LogP contribution in [0.1, 0.15) is 11.1 Å². The van der Waals surface area contributed by atoms with Crippen LogP contribution in [0.25, 0.3) is 16.4 Å². The lowest BCUT2D eigenvalue weighted by atomic mass is 10.2. The maximum atomic E-state index is 12.5. The molecule has 0 fully saturated rings. The van der Waals surface area contributed by atoms with E-state index in [0.717, 1.165) is 22.5 Å². The van der Waals surface area contributed by atoms with Gasteiger partial charge in [0, 0.05) is 6.20 Å². The lowest BCUT2D eigenvalue weighted by Crippen LogP contribution is -2.06. The summed E-state index contributed by atoms with van der Waals surface area (Å²) in [5.41, 5.74) is 8.37. The van der Waals surface area contributed by atoms with Crippen LogP contribution in [0.4, 0.5) is 5.82 Å². The number of nitrogens with two attached hydrogens (primary N) is 1. The number of aryl methyl sites for hydroxylation is 1. The van der Waals surface area contributed by atoms with Gasteiger partial charge in [-0.1, -0.05) is 52.8 Å². The Morgan fingerprint density at radius 1 is 1.20 bits per heavy atom. The summed E-state index contributed by atoms with van der Waals surface area (Å²) in [6, 6.07) is 10.7. The first-order valence-corrected chi connectivity index (χ1v) is 11.2. The highest BCUT2D eigenvalue weighted by Crippen LogP contribution is 2.32. The zero-order valence-electron chi connectivity index (χ0n) is 15.6. The quantitative estimate of drug-likeness (QED) is 0.433. The minimum absolute atomic E-state index is 0.101. The second kappa shape index (κ2) is 8.11. The number of hydrogen-bond donors (Lipinski definition) is 1. The first-order valence-electron chi connectivity index (χ1n) is 8.58. The molecule has 0 radical (unpaired) electrons. The third-order valence-corrected chi connectivity index (χ3v) is 6.94. The van der Waals surface area contributed by atoms with Crippen LogP contribution >= 0.6 is 22.9 Å². The van der Waals surface area contributed by atoms with Crippen molar-refractivity contribution in [1.29, 1.82) is 0 Å². The summed E-state index contributed by atoms with van der Waals surface area (Å²) in [6.07, 6.45) is 3.01. The maximum absolute atomic E-state index is 12.5. The molecular formula is C18H15ClN6O3S2. The van der Waals surface area contributed by atoms with Gasteiger partial charge in [0.25, 0.3) is 4.34 Å². The maximum Gasteiger partial charge on any atom is 0.326 e. The van der Waals surface area contributed by atoms with Crippen molar-refractivity contribution in [3.63, 3.8) is 0 Å². The lowest BCUT2D eigenvalue weighted by molar-refractivity contribution is 0.307. The van der Waals surface area contributed by atoms with Gasteiger partial charge < -0.3 is 5.73 Å². The molecule has 0 saturated carbocycles. The van der Waals surface area contributed by atoms with Gasteiger partial charge in [0.2, 0.25) is 0 Å². The zero-order chi connectivity index (χ0) is 21.3. The fourth-order valence-electron chi connectivity index (χ4n) is 2.52. The van der Waals surface area contributed by atoms with Crippen LogP contribution in [0.5, 0.6) is 0 Å². The Hall–Kier alpha value is -2.86. The molecule has 2 N–H and O–H groups in total. The monoisotopic (exact) mass is 462 g/mol. The van der Waals surface area contributed by atoms with Crippen LogP contribution in [0.15, 0.2) is 53.1 Å². The molecule has 3 heterocycles. The van der Waals surface area contributed by atoms with E-state index in [1.165, 1.54) is 10.9 Å². The van der Waals surface area contributed by atoms with E-state index in [4.69, 9.17) is 21.5 Å². The molecule has 3 aromatic heterocycles. The fourth-order valence-corrected chi connectivity index (χ4v) is 4.64. The molecule has 30 heavy (non-hydrogen) atoms. The van der Waals surface area contributed by atoms with E-state index < -0.39 is 10.1 Å². The van der Waals surface area contributed by atoms with E-state index >= 15 is 0 Å². The van der Waals surface area contributed by atoms with Gasteiger partial charge in [0.15, 0.2) is 10.8 Å². The number of nitrogens with zero attached hydrogens (tertiary/aromatic N) is 5. The Kier molecular flexibility index (Phi) is 5.52. The number of aromatic nitrogens is 5. The van der Waals surface area contributed by atoms with Crippen LogP contribution in [-0.4, -0.2) is 33.4 Å². The molecule has 0 bridgehead atoms. The summed E-state index contributed by atoms with van der Waals surface area (Å²) in [5.74, 6) is 0.554. The Balaban J connectivity index is 1.57. The highest BCUT2D eigenvalue weighted by Gasteiger charge is 2.24. The van der Waals surface area contributed by atoms with Crippen molar-refractivity contribution in [3.05, 3.63) is 64.9 Å². The summed E-state index contributed by atoms with van der Waals surface area (Å²) in [7, 11) is -4.08. The fraction of sp³-hybridized carbons (Fsp3) is 0.111. The number of benzene rings is 1. The zero-order valence-corrected chi connectivity index (χ0v) is 17.9. The second-order valence-electron chi connectivity index (χ2n) is 6.24. The molecule has 0 aliphatic rings. The van der Waals surface area contributed by atoms with E-state index in [1.54, 1.807) is 30.5 Å². The normalized spacial score (nSPS) is 11.7. The van der Waals surface area contributed by atoms with Gasteiger partial charge in [0.05, 0.1) is 23.4 Å². The van der Waals surface area contributed by atoms with Crippen LogP contribution in [0, 0.1) is 6.92 Å². The Bertz CT molecular complexity index is 1300. The largest absolute Gasteiger partial charge is 0.383 e.